The third kappa shape index (κ3) is 3.85. The molecule has 1 atom stereocenters. The number of rotatable bonds is 3. The molecule has 0 saturated carbocycles. The van der Waals surface area contributed by atoms with Crippen LogP contribution in [0.4, 0.5) is 4.79 Å². The van der Waals surface area contributed by atoms with Gasteiger partial charge in [0.15, 0.2) is 0 Å². The Balaban J connectivity index is 1.74. The van der Waals surface area contributed by atoms with Gasteiger partial charge in [0.25, 0.3) is 0 Å². The zero-order valence-corrected chi connectivity index (χ0v) is 14.6. The van der Waals surface area contributed by atoms with Crippen molar-refractivity contribution < 1.29 is 9.53 Å². The minimum Gasteiger partial charge on any atom is -0.445 e. The maximum absolute atomic E-state index is 12.6. The second-order valence-electron chi connectivity index (χ2n) is 6.15. The summed E-state index contributed by atoms with van der Waals surface area (Å²) in [6.07, 6.45) is 2.83. The second kappa shape index (κ2) is 7.62. The molecule has 24 heavy (non-hydrogen) atoms. The molecule has 0 unspecified atom stereocenters. The number of aromatic amines is 1. The van der Waals surface area contributed by atoms with E-state index in [1.807, 2.05) is 54.3 Å². The number of aromatic nitrogens is 1. The summed E-state index contributed by atoms with van der Waals surface area (Å²) in [6, 6.07) is 13.7. The first-order valence-electron chi connectivity index (χ1n) is 8.32. The predicted octanol–water partition coefficient (Wildman–Crippen LogP) is 4.92. The van der Waals surface area contributed by atoms with E-state index in [2.05, 4.69) is 4.98 Å². The van der Waals surface area contributed by atoms with Crippen molar-refractivity contribution in [3.8, 4) is 0 Å². The summed E-state index contributed by atoms with van der Waals surface area (Å²) in [5.74, 6) is 0. The molecule has 3 rings (SSSR count). The number of nitrogens with one attached hydrogen (secondary N) is 1. The van der Waals surface area contributed by atoms with Crippen LogP contribution in [0.1, 0.15) is 42.1 Å². The molecule has 0 bridgehead atoms. The van der Waals surface area contributed by atoms with Gasteiger partial charge in [0.2, 0.25) is 0 Å². The van der Waals surface area contributed by atoms with E-state index in [0.29, 0.717) is 11.2 Å². The van der Waals surface area contributed by atoms with E-state index in [1.165, 1.54) is 0 Å². The number of hydrogen-bond donors (Lipinski definition) is 1. The second-order valence-corrected chi connectivity index (χ2v) is 6.59. The molecule has 0 radical (unpaired) electrons. The molecule has 1 aliphatic rings. The minimum absolute atomic E-state index is 0.0499. The SMILES string of the molecule is Cc1[nH]c(=S)ccc1[C@@H]1CCCCN1C(=O)OCc1ccccc1. The van der Waals surface area contributed by atoms with Crippen LogP contribution in [0.25, 0.3) is 0 Å². The van der Waals surface area contributed by atoms with Crippen LogP contribution in [-0.4, -0.2) is 22.5 Å². The molecular weight excluding hydrogens is 320 g/mol. The summed E-state index contributed by atoms with van der Waals surface area (Å²) in [6.45, 7) is 3.04. The standard InChI is InChI=1S/C19H22N2O2S/c1-14-16(10-11-18(24)20-14)17-9-5-6-12-21(17)19(22)23-13-15-7-3-2-4-8-15/h2-4,7-8,10-11,17H,5-6,9,12-13H2,1H3,(H,20,24)/t17-/m0/s1. The Morgan fingerprint density at radius 3 is 2.79 bits per heavy atom. The summed E-state index contributed by atoms with van der Waals surface area (Å²) in [7, 11) is 0. The molecule has 1 aromatic carbocycles. The largest absolute Gasteiger partial charge is 0.445 e. The summed E-state index contributed by atoms with van der Waals surface area (Å²) in [5, 5.41) is 0. The quantitative estimate of drug-likeness (QED) is 0.806. The fourth-order valence-electron chi connectivity index (χ4n) is 3.23. The number of amides is 1. The number of aryl methyl sites for hydroxylation is 1. The van der Waals surface area contributed by atoms with Crippen LogP contribution in [0.15, 0.2) is 42.5 Å². The average Bonchev–Trinajstić information content (AvgIpc) is 2.61. The Bertz CT molecular complexity index is 757. The van der Waals surface area contributed by atoms with Gasteiger partial charge >= 0.3 is 6.09 Å². The molecule has 1 aromatic heterocycles. The van der Waals surface area contributed by atoms with Crippen LogP contribution in [-0.2, 0) is 11.3 Å². The van der Waals surface area contributed by atoms with Gasteiger partial charge in [-0.1, -0.05) is 48.6 Å². The molecule has 1 aliphatic heterocycles. The van der Waals surface area contributed by atoms with Crippen molar-refractivity contribution in [1.82, 2.24) is 9.88 Å². The summed E-state index contributed by atoms with van der Waals surface area (Å²) in [4.78, 5) is 17.6. The molecule has 4 nitrogen and oxygen atoms in total. The number of carbonyl (C=O) groups is 1. The number of likely N-dealkylation sites (tertiary alicyclic amines) is 1. The van der Waals surface area contributed by atoms with E-state index >= 15 is 0 Å². The molecule has 1 saturated heterocycles. The lowest BCUT2D eigenvalue weighted by Gasteiger charge is -2.35. The number of H-pyrrole nitrogens is 1. The molecule has 0 spiro atoms. The number of hydrogen-bond acceptors (Lipinski definition) is 3. The van der Waals surface area contributed by atoms with Crippen molar-refractivity contribution in [3.63, 3.8) is 0 Å². The Hall–Kier alpha value is -2.14. The molecule has 126 valence electrons. The fraction of sp³-hybridized carbons (Fsp3) is 0.368. The van der Waals surface area contributed by atoms with E-state index in [1.54, 1.807) is 0 Å². The van der Waals surface area contributed by atoms with Gasteiger partial charge in [0.1, 0.15) is 11.2 Å². The molecule has 1 fully saturated rings. The van der Waals surface area contributed by atoms with Crippen molar-refractivity contribution in [2.45, 2.75) is 38.8 Å². The van der Waals surface area contributed by atoms with E-state index < -0.39 is 0 Å². The Morgan fingerprint density at radius 1 is 1.25 bits per heavy atom. The van der Waals surface area contributed by atoms with E-state index in [0.717, 1.165) is 42.6 Å². The number of benzene rings is 1. The monoisotopic (exact) mass is 342 g/mol. The van der Waals surface area contributed by atoms with E-state index in [9.17, 15) is 4.79 Å². The maximum Gasteiger partial charge on any atom is 0.410 e. The predicted molar refractivity (Wildman–Crippen MR) is 96.3 cm³/mol. The Labute approximate surface area is 147 Å². The third-order valence-corrected chi connectivity index (χ3v) is 4.70. The van der Waals surface area contributed by atoms with Gasteiger partial charge in [0, 0.05) is 12.2 Å². The summed E-state index contributed by atoms with van der Waals surface area (Å²) >= 11 is 5.18. The minimum atomic E-state index is -0.245. The third-order valence-electron chi connectivity index (χ3n) is 4.46. The first-order chi connectivity index (χ1) is 11.6. The Kier molecular flexibility index (Phi) is 5.30. The van der Waals surface area contributed by atoms with Crippen molar-refractivity contribution >= 4 is 18.3 Å². The number of pyridine rings is 1. The van der Waals surface area contributed by atoms with Gasteiger partial charge < -0.3 is 14.6 Å². The smallest absolute Gasteiger partial charge is 0.410 e. The molecule has 5 heteroatoms. The van der Waals surface area contributed by atoms with E-state index in [4.69, 9.17) is 17.0 Å². The molecule has 1 N–H and O–H groups in total. The highest BCUT2D eigenvalue weighted by Crippen LogP contribution is 2.32. The lowest BCUT2D eigenvalue weighted by molar-refractivity contribution is 0.0677. The highest BCUT2D eigenvalue weighted by atomic mass is 32.1. The molecule has 1 amide bonds. The Morgan fingerprint density at radius 2 is 2.04 bits per heavy atom. The van der Waals surface area contributed by atoms with Crippen LogP contribution in [0.5, 0.6) is 0 Å². The van der Waals surface area contributed by atoms with Crippen molar-refractivity contribution in [1.29, 1.82) is 0 Å². The lowest BCUT2D eigenvalue weighted by Crippen LogP contribution is -2.39. The van der Waals surface area contributed by atoms with Crippen LogP contribution < -0.4 is 0 Å². The zero-order chi connectivity index (χ0) is 16.9. The van der Waals surface area contributed by atoms with Crippen LogP contribution in [0, 0.1) is 11.6 Å². The number of piperidine rings is 1. The molecule has 2 aromatic rings. The number of nitrogens with zero attached hydrogens (tertiary/aromatic N) is 1. The lowest BCUT2D eigenvalue weighted by atomic mass is 9.95. The van der Waals surface area contributed by atoms with Crippen molar-refractivity contribution in [2.24, 2.45) is 0 Å². The normalized spacial score (nSPS) is 17.5. The van der Waals surface area contributed by atoms with Crippen LogP contribution in [0.3, 0.4) is 0 Å². The topological polar surface area (TPSA) is 45.3 Å². The highest BCUT2D eigenvalue weighted by Gasteiger charge is 2.30. The van der Waals surface area contributed by atoms with Gasteiger partial charge in [-0.15, -0.1) is 0 Å². The molecule has 0 aliphatic carbocycles. The highest BCUT2D eigenvalue weighted by molar-refractivity contribution is 7.71. The van der Waals surface area contributed by atoms with Crippen LogP contribution >= 0.6 is 12.2 Å². The van der Waals surface area contributed by atoms with Gasteiger partial charge in [-0.2, -0.15) is 0 Å². The van der Waals surface area contributed by atoms with Crippen molar-refractivity contribution in [3.05, 3.63) is 63.9 Å². The fourth-order valence-corrected chi connectivity index (χ4v) is 3.45. The average molecular weight is 342 g/mol. The maximum atomic E-state index is 12.6. The molecule has 2 heterocycles. The van der Waals surface area contributed by atoms with E-state index in [-0.39, 0.29) is 12.1 Å². The first kappa shape index (κ1) is 16.7. The van der Waals surface area contributed by atoms with Gasteiger partial charge in [-0.05, 0) is 43.4 Å². The van der Waals surface area contributed by atoms with Crippen LogP contribution in [0.2, 0.25) is 0 Å². The molecular formula is C19H22N2O2S. The number of carbonyl (C=O) groups excluding carboxylic acids is 1. The summed E-state index contributed by atoms with van der Waals surface area (Å²) in [5.41, 5.74) is 3.15. The zero-order valence-electron chi connectivity index (χ0n) is 13.8. The number of ether oxygens (including phenoxy) is 1. The van der Waals surface area contributed by atoms with Gasteiger partial charge in [-0.3, -0.25) is 0 Å². The first-order valence-corrected chi connectivity index (χ1v) is 8.73. The van der Waals surface area contributed by atoms with Crippen molar-refractivity contribution in [2.75, 3.05) is 6.54 Å². The van der Waals surface area contributed by atoms with Gasteiger partial charge in [0.05, 0.1) is 6.04 Å². The van der Waals surface area contributed by atoms with Gasteiger partial charge in [-0.25, -0.2) is 4.79 Å². The summed E-state index contributed by atoms with van der Waals surface area (Å²) < 4.78 is 6.25.